The molecule has 2 heterocycles. The molecule has 0 bridgehead atoms. The molecule has 5 nitrogen and oxygen atoms in total. The number of nitrogens with zero attached hydrogens (tertiary/aromatic N) is 2. The number of carbonyl (C=O) groups is 2. The molecule has 1 amide bonds. The number of anilines is 1. The lowest BCUT2D eigenvalue weighted by atomic mass is 10.0. The van der Waals surface area contributed by atoms with E-state index in [1.165, 1.54) is 19.1 Å². The SMILES string of the molecule is CCc1c(C(=O)N2CCN(c3ccc(F)cc3)CC2)[nH]c(C)c1C(C)=O. The van der Waals surface area contributed by atoms with Gasteiger partial charge in [-0.15, -0.1) is 0 Å². The predicted octanol–water partition coefficient (Wildman–Crippen LogP) is 3.19. The fourth-order valence-electron chi connectivity index (χ4n) is 3.67. The average Bonchev–Trinajstić information content (AvgIpc) is 2.98. The van der Waals surface area contributed by atoms with Gasteiger partial charge in [-0.05, 0) is 50.1 Å². The Labute approximate surface area is 152 Å². The first-order valence-electron chi connectivity index (χ1n) is 8.94. The van der Waals surface area contributed by atoms with Crippen LogP contribution in [-0.4, -0.2) is 47.8 Å². The van der Waals surface area contributed by atoms with E-state index in [-0.39, 0.29) is 17.5 Å². The number of carbonyl (C=O) groups excluding carboxylic acids is 2. The predicted molar refractivity (Wildman–Crippen MR) is 99.4 cm³/mol. The highest BCUT2D eigenvalue weighted by atomic mass is 19.1. The van der Waals surface area contributed by atoms with Gasteiger partial charge in [-0.3, -0.25) is 9.59 Å². The number of aromatic amines is 1. The van der Waals surface area contributed by atoms with Gasteiger partial charge in [0.1, 0.15) is 11.5 Å². The van der Waals surface area contributed by atoms with Gasteiger partial charge in [0.2, 0.25) is 0 Å². The zero-order chi connectivity index (χ0) is 18.8. The number of hydrogen-bond donors (Lipinski definition) is 1. The number of H-pyrrole nitrogens is 1. The number of nitrogens with one attached hydrogen (secondary N) is 1. The summed E-state index contributed by atoms with van der Waals surface area (Å²) in [6.07, 6.45) is 0.635. The summed E-state index contributed by atoms with van der Waals surface area (Å²) >= 11 is 0. The van der Waals surface area contributed by atoms with Crippen LogP contribution in [-0.2, 0) is 6.42 Å². The van der Waals surface area contributed by atoms with Crippen molar-refractivity contribution in [3.63, 3.8) is 0 Å². The van der Waals surface area contributed by atoms with Gasteiger partial charge in [0.15, 0.2) is 5.78 Å². The van der Waals surface area contributed by atoms with Crippen LogP contribution in [0.1, 0.15) is 46.0 Å². The van der Waals surface area contributed by atoms with Gasteiger partial charge in [0, 0.05) is 43.1 Å². The summed E-state index contributed by atoms with van der Waals surface area (Å²) < 4.78 is 13.1. The minimum atomic E-state index is -0.252. The van der Waals surface area contributed by atoms with E-state index in [1.807, 2.05) is 18.7 Å². The first-order valence-corrected chi connectivity index (χ1v) is 8.94. The number of aromatic nitrogens is 1. The quantitative estimate of drug-likeness (QED) is 0.855. The van der Waals surface area contributed by atoms with Crippen LogP contribution < -0.4 is 4.90 Å². The molecule has 1 aromatic heterocycles. The summed E-state index contributed by atoms with van der Waals surface area (Å²) in [5.41, 5.74) is 3.69. The summed E-state index contributed by atoms with van der Waals surface area (Å²) in [5.74, 6) is -0.329. The Morgan fingerprint density at radius 2 is 1.73 bits per heavy atom. The largest absolute Gasteiger partial charge is 0.368 e. The van der Waals surface area contributed by atoms with E-state index in [9.17, 15) is 14.0 Å². The van der Waals surface area contributed by atoms with Crippen LogP contribution in [0.5, 0.6) is 0 Å². The van der Waals surface area contributed by atoms with Gasteiger partial charge in [0.05, 0.1) is 0 Å². The van der Waals surface area contributed by atoms with Crippen LogP contribution in [0.15, 0.2) is 24.3 Å². The Morgan fingerprint density at radius 3 is 2.27 bits per heavy atom. The van der Waals surface area contributed by atoms with Crippen LogP contribution in [0.25, 0.3) is 0 Å². The van der Waals surface area contributed by atoms with E-state index < -0.39 is 0 Å². The normalized spacial score (nSPS) is 14.6. The van der Waals surface area contributed by atoms with Crippen LogP contribution in [0.4, 0.5) is 10.1 Å². The molecule has 1 aromatic carbocycles. The standard InChI is InChI=1S/C20H24FN3O2/c1-4-17-18(14(3)25)13(2)22-19(17)20(26)24-11-9-23(10-12-24)16-7-5-15(21)6-8-16/h5-8,22H,4,9-12H2,1-3H3. The van der Waals surface area contributed by atoms with Crippen LogP contribution >= 0.6 is 0 Å². The molecular weight excluding hydrogens is 333 g/mol. The molecule has 0 aliphatic carbocycles. The number of piperazine rings is 1. The fourth-order valence-corrected chi connectivity index (χ4v) is 3.67. The van der Waals surface area contributed by atoms with Crippen molar-refractivity contribution in [2.24, 2.45) is 0 Å². The van der Waals surface area contributed by atoms with Crippen molar-refractivity contribution in [2.75, 3.05) is 31.1 Å². The molecule has 1 N–H and O–H groups in total. The van der Waals surface area contributed by atoms with E-state index in [0.29, 0.717) is 43.9 Å². The summed E-state index contributed by atoms with van der Waals surface area (Å²) in [7, 11) is 0. The maximum atomic E-state index is 13.1. The number of ketones is 1. The third-order valence-corrected chi connectivity index (χ3v) is 4.97. The average molecular weight is 357 g/mol. The van der Waals surface area contributed by atoms with Gasteiger partial charge in [0.25, 0.3) is 5.91 Å². The minimum Gasteiger partial charge on any atom is -0.368 e. The molecule has 26 heavy (non-hydrogen) atoms. The maximum Gasteiger partial charge on any atom is 0.270 e. The highest BCUT2D eigenvalue weighted by Crippen LogP contribution is 2.23. The van der Waals surface area contributed by atoms with Crippen molar-refractivity contribution < 1.29 is 14.0 Å². The number of Topliss-reactive ketones (excluding diaryl/α,β-unsaturated/α-hetero) is 1. The van der Waals surface area contributed by atoms with Crippen molar-refractivity contribution in [1.29, 1.82) is 0 Å². The lowest BCUT2D eigenvalue weighted by molar-refractivity contribution is 0.0740. The van der Waals surface area contributed by atoms with Crippen LogP contribution in [0, 0.1) is 12.7 Å². The second kappa shape index (κ2) is 7.32. The zero-order valence-corrected chi connectivity index (χ0v) is 15.4. The number of amides is 1. The molecule has 3 rings (SSSR count). The maximum absolute atomic E-state index is 13.1. The molecule has 2 aromatic rings. The molecule has 1 saturated heterocycles. The lowest BCUT2D eigenvalue weighted by Gasteiger charge is -2.36. The van der Waals surface area contributed by atoms with Crippen molar-refractivity contribution in [3.8, 4) is 0 Å². The van der Waals surface area contributed by atoms with E-state index in [2.05, 4.69) is 9.88 Å². The summed E-state index contributed by atoms with van der Waals surface area (Å²) in [4.78, 5) is 32.0. The molecule has 1 aliphatic rings. The Kier molecular flexibility index (Phi) is 5.11. The molecule has 0 saturated carbocycles. The van der Waals surface area contributed by atoms with Crippen LogP contribution in [0.2, 0.25) is 0 Å². The molecule has 0 atom stereocenters. The van der Waals surface area contributed by atoms with E-state index in [1.54, 1.807) is 12.1 Å². The molecule has 6 heteroatoms. The second-order valence-electron chi connectivity index (χ2n) is 6.64. The van der Waals surface area contributed by atoms with E-state index >= 15 is 0 Å². The monoisotopic (exact) mass is 357 g/mol. The third-order valence-electron chi connectivity index (χ3n) is 4.97. The number of benzene rings is 1. The van der Waals surface area contributed by atoms with Gasteiger partial charge in [-0.25, -0.2) is 4.39 Å². The van der Waals surface area contributed by atoms with Gasteiger partial charge in [-0.1, -0.05) is 6.92 Å². The molecule has 0 radical (unpaired) electrons. The Bertz CT molecular complexity index is 818. The first kappa shape index (κ1) is 18.2. The molecule has 0 spiro atoms. The highest BCUT2D eigenvalue weighted by Gasteiger charge is 2.27. The van der Waals surface area contributed by atoms with Crippen molar-refractivity contribution >= 4 is 17.4 Å². The zero-order valence-electron chi connectivity index (χ0n) is 15.4. The minimum absolute atomic E-state index is 0.0178. The van der Waals surface area contributed by atoms with Crippen molar-refractivity contribution in [3.05, 3.63) is 52.6 Å². The smallest absolute Gasteiger partial charge is 0.270 e. The molecule has 1 aliphatic heterocycles. The van der Waals surface area contributed by atoms with Crippen LogP contribution in [0.3, 0.4) is 0 Å². The van der Waals surface area contributed by atoms with E-state index in [0.717, 1.165) is 16.9 Å². The summed E-state index contributed by atoms with van der Waals surface area (Å²) in [6.45, 7) is 7.89. The summed E-state index contributed by atoms with van der Waals surface area (Å²) in [6, 6.07) is 6.42. The number of halogens is 1. The van der Waals surface area contributed by atoms with E-state index in [4.69, 9.17) is 0 Å². The molecule has 1 fully saturated rings. The topological polar surface area (TPSA) is 56.4 Å². The lowest BCUT2D eigenvalue weighted by Crippen LogP contribution is -2.49. The Balaban J connectivity index is 1.74. The van der Waals surface area contributed by atoms with Gasteiger partial charge < -0.3 is 14.8 Å². The second-order valence-corrected chi connectivity index (χ2v) is 6.64. The summed E-state index contributed by atoms with van der Waals surface area (Å²) in [5, 5.41) is 0. The third kappa shape index (κ3) is 3.36. The number of aryl methyl sites for hydroxylation is 1. The first-order chi connectivity index (χ1) is 12.4. The molecular formula is C20H24FN3O2. The Morgan fingerprint density at radius 1 is 1.12 bits per heavy atom. The highest BCUT2D eigenvalue weighted by molar-refractivity contribution is 6.02. The fraction of sp³-hybridized carbons (Fsp3) is 0.400. The molecule has 138 valence electrons. The molecule has 0 unspecified atom stereocenters. The van der Waals surface area contributed by atoms with Crippen molar-refractivity contribution in [2.45, 2.75) is 27.2 Å². The van der Waals surface area contributed by atoms with Crippen molar-refractivity contribution in [1.82, 2.24) is 9.88 Å². The number of hydrogen-bond acceptors (Lipinski definition) is 3. The number of rotatable bonds is 4. The van der Waals surface area contributed by atoms with Gasteiger partial charge >= 0.3 is 0 Å². The van der Waals surface area contributed by atoms with Gasteiger partial charge in [-0.2, -0.15) is 0 Å². The Hall–Kier alpha value is -2.63.